The summed E-state index contributed by atoms with van der Waals surface area (Å²) >= 11 is 0. The van der Waals surface area contributed by atoms with Gasteiger partial charge in [0.15, 0.2) is 0 Å². The summed E-state index contributed by atoms with van der Waals surface area (Å²) in [6.45, 7) is -0.258. The first-order chi connectivity index (χ1) is 6.54. The Labute approximate surface area is 81.6 Å². The summed E-state index contributed by atoms with van der Waals surface area (Å²) in [5.74, 6) is -3.12. The van der Waals surface area contributed by atoms with Crippen LogP contribution in [-0.4, -0.2) is 47.8 Å². The topological polar surface area (TPSA) is 102 Å². The summed E-state index contributed by atoms with van der Waals surface area (Å²) in [6, 6.07) is 0. The number of ether oxygens (including phenoxy) is 2. The minimum atomic E-state index is -2.12. The molecule has 3 unspecified atom stereocenters. The Morgan fingerprint density at radius 1 is 1.71 bits per heavy atom. The Balaban J connectivity index is 2.79. The van der Waals surface area contributed by atoms with Crippen LogP contribution in [-0.2, 0) is 14.3 Å². The maximum atomic E-state index is 11.0. The van der Waals surface area contributed by atoms with E-state index in [9.17, 15) is 9.90 Å². The summed E-state index contributed by atoms with van der Waals surface area (Å²) in [4.78, 5) is 11.0. The van der Waals surface area contributed by atoms with E-state index in [4.69, 9.17) is 20.3 Å². The largest absolute Gasteiger partial charge is 0.394 e. The van der Waals surface area contributed by atoms with Gasteiger partial charge in [-0.1, -0.05) is 0 Å². The second kappa shape index (κ2) is 4.22. The number of carbonyl (C=O) groups excluding carboxylic acids is 1. The van der Waals surface area contributed by atoms with E-state index in [1.807, 2.05) is 0 Å². The van der Waals surface area contributed by atoms with E-state index >= 15 is 0 Å². The monoisotopic (exact) mass is 205 g/mol. The molecule has 0 aromatic heterocycles. The van der Waals surface area contributed by atoms with Crippen molar-refractivity contribution in [3.8, 4) is 0 Å². The number of amides is 1. The van der Waals surface area contributed by atoms with Crippen LogP contribution in [0.3, 0.4) is 0 Å². The Hall–Kier alpha value is -0.690. The number of aliphatic hydroxyl groups is 2. The maximum Gasteiger partial charge on any atom is 0.280 e. The summed E-state index contributed by atoms with van der Waals surface area (Å²) in [5, 5.41) is 18.6. The van der Waals surface area contributed by atoms with Crippen molar-refractivity contribution in [1.82, 2.24) is 0 Å². The molecule has 0 saturated carbocycles. The van der Waals surface area contributed by atoms with Crippen LogP contribution in [0.15, 0.2) is 0 Å². The van der Waals surface area contributed by atoms with Gasteiger partial charge < -0.3 is 25.4 Å². The van der Waals surface area contributed by atoms with Gasteiger partial charge in [0.05, 0.1) is 12.7 Å². The van der Waals surface area contributed by atoms with Gasteiger partial charge in [0.1, 0.15) is 6.10 Å². The van der Waals surface area contributed by atoms with E-state index in [-0.39, 0.29) is 6.61 Å². The predicted molar refractivity (Wildman–Crippen MR) is 46.1 cm³/mol. The number of hydrogen-bond donors (Lipinski definition) is 3. The fraction of sp³-hybridized carbons (Fsp3) is 0.875. The van der Waals surface area contributed by atoms with Gasteiger partial charge in [-0.15, -0.1) is 0 Å². The molecule has 1 aliphatic heterocycles. The van der Waals surface area contributed by atoms with Crippen molar-refractivity contribution in [2.24, 2.45) is 5.73 Å². The molecule has 1 amide bonds. The van der Waals surface area contributed by atoms with Crippen molar-refractivity contribution in [2.75, 3.05) is 13.7 Å². The Morgan fingerprint density at radius 3 is 2.79 bits per heavy atom. The molecule has 0 aromatic rings. The number of primary amides is 1. The molecule has 1 rings (SSSR count). The minimum Gasteiger partial charge on any atom is -0.394 e. The third-order valence-corrected chi connectivity index (χ3v) is 2.37. The quantitative estimate of drug-likeness (QED) is 0.512. The van der Waals surface area contributed by atoms with Crippen molar-refractivity contribution >= 4 is 5.91 Å². The van der Waals surface area contributed by atoms with Crippen molar-refractivity contribution in [3.05, 3.63) is 0 Å². The first kappa shape index (κ1) is 11.4. The second-order valence-electron chi connectivity index (χ2n) is 3.28. The molecular weight excluding hydrogens is 190 g/mol. The van der Waals surface area contributed by atoms with Gasteiger partial charge in [0, 0.05) is 7.11 Å². The molecule has 0 spiro atoms. The molecule has 82 valence electrons. The molecule has 1 aliphatic rings. The van der Waals surface area contributed by atoms with Crippen LogP contribution in [0.1, 0.15) is 12.8 Å². The van der Waals surface area contributed by atoms with Crippen LogP contribution in [0.5, 0.6) is 0 Å². The van der Waals surface area contributed by atoms with E-state index in [0.29, 0.717) is 12.8 Å². The van der Waals surface area contributed by atoms with Crippen LogP contribution in [0.4, 0.5) is 0 Å². The number of aliphatic hydroxyl groups excluding tert-OH is 1. The zero-order chi connectivity index (χ0) is 10.8. The normalized spacial score (nSPS) is 38.2. The van der Waals surface area contributed by atoms with E-state index in [1.54, 1.807) is 0 Å². The van der Waals surface area contributed by atoms with Crippen molar-refractivity contribution < 1.29 is 24.5 Å². The average molecular weight is 205 g/mol. The molecule has 0 radical (unpaired) electrons. The first-order valence-corrected chi connectivity index (χ1v) is 4.38. The average Bonchev–Trinajstić information content (AvgIpc) is 2.17. The van der Waals surface area contributed by atoms with Crippen LogP contribution < -0.4 is 5.73 Å². The van der Waals surface area contributed by atoms with Crippen molar-refractivity contribution in [2.45, 2.75) is 30.8 Å². The summed E-state index contributed by atoms with van der Waals surface area (Å²) in [7, 11) is 1.36. The van der Waals surface area contributed by atoms with E-state index < -0.39 is 23.9 Å². The van der Waals surface area contributed by atoms with Gasteiger partial charge in [-0.2, -0.15) is 0 Å². The lowest BCUT2D eigenvalue weighted by molar-refractivity contribution is -0.289. The van der Waals surface area contributed by atoms with Crippen LogP contribution >= 0.6 is 0 Å². The lowest BCUT2D eigenvalue weighted by Crippen LogP contribution is -2.60. The summed E-state index contributed by atoms with van der Waals surface area (Å²) in [6.07, 6.45) is -0.409. The molecule has 0 aromatic carbocycles. The van der Waals surface area contributed by atoms with Crippen LogP contribution in [0.2, 0.25) is 0 Å². The van der Waals surface area contributed by atoms with Gasteiger partial charge in [0.25, 0.3) is 11.7 Å². The Kier molecular flexibility index (Phi) is 3.43. The number of carbonyl (C=O) groups is 1. The fourth-order valence-corrected chi connectivity index (χ4v) is 1.54. The third-order valence-electron chi connectivity index (χ3n) is 2.37. The van der Waals surface area contributed by atoms with Crippen molar-refractivity contribution in [1.29, 1.82) is 0 Å². The highest BCUT2D eigenvalue weighted by Crippen LogP contribution is 2.28. The van der Waals surface area contributed by atoms with Crippen LogP contribution in [0.25, 0.3) is 0 Å². The number of nitrogens with two attached hydrogens (primary N) is 1. The Morgan fingerprint density at radius 2 is 2.36 bits per heavy atom. The standard InChI is InChI=1S/C8H15NO5/c1-13-6-3-2-5(4-10)14-8(6,12)7(9)11/h5-6,10,12H,2-4H2,1H3,(H2,9,11). The van der Waals surface area contributed by atoms with E-state index in [2.05, 4.69) is 0 Å². The summed E-state index contributed by atoms with van der Waals surface area (Å²) in [5.41, 5.74) is 5.01. The van der Waals surface area contributed by atoms with Gasteiger partial charge in [-0.25, -0.2) is 0 Å². The summed E-state index contributed by atoms with van der Waals surface area (Å²) < 4.78 is 9.90. The number of methoxy groups -OCH3 is 1. The molecule has 3 atom stereocenters. The highest BCUT2D eigenvalue weighted by Gasteiger charge is 2.49. The molecule has 1 heterocycles. The molecular formula is C8H15NO5. The van der Waals surface area contributed by atoms with E-state index in [1.165, 1.54) is 7.11 Å². The maximum absolute atomic E-state index is 11.0. The molecule has 6 heteroatoms. The molecule has 0 bridgehead atoms. The first-order valence-electron chi connectivity index (χ1n) is 4.38. The lowest BCUT2D eigenvalue weighted by Gasteiger charge is -2.39. The smallest absolute Gasteiger partial charge is 0.280 e. The zero-order valence-electron chi connectivity index (χ0n) is 7.97. The van der Waals surface area contributed by atoms with Crippen molar-refractivity contribution in [3.63, 3.8) is 0 Å². The molecule has 14 heavy (non-hydrogen) atoms. The fourth-order valence-electron chi connectivity index (χ4n) is 1.54. The lowest BCUT2D eigenvalue weighted by atomic mass is 9.97. The second-order valence-corrected chi connectivity index (χ2v) is 3.28. The van der Waals surface area contributed by atoms with Gasteiger partial charge in [-0.3, -0.25) is 4.79 Å². The molecule has 4 N–H and O–H groups in total. The van der Waals surface area contributed by atoms with Gasteiger partial charge in [-0.05, 0) is 12.8 Å². The number of hydrogen-bond acceptors (Lipinski definition) is 5. The predicted octanol–water partition coefficient (Wildman–Crippen LogP) is -1.65. The van der Waals surface area contributed by atoms with Crippen LogP contribution in [0, 0.1) is 0 Å². The SMILES string of the molecule is COC1CCC(CO)OC1(O)C(N)=O. The molecule has 6 nitrogen and oxygen atoms in total. The highest BCUT2D eigenvalue weighted by molar-refractivity contribution is 5.82. The molecule has 1 fully saturated rings. The molecule has 1 saturated heterocycles. The Bertz CT molecular complexity index is 222. The van der Waals surface area contributed by atoms with E-state index in [0.717, 1.165) is 0 Å². The third kappa shape index (κ3) is 1.88. The number of rotatable bonds is 3. The molecule has 0 aliphatic carbocycles. The zero-order valence-corrected chi connectivity index (χ0v) is 7.97. The van der Waals surface area contributed by atoms with Gasteiger partial charge in [0.2, 0.25) is 0 Å². The van der Waals surface area contributed by atoms with Gasteiger partial charge >= 0.3 is 0 Å². The highest BCUT2D eigenvalue weighted by atomic mass is 16.7. The minimum absolute atomic E-state index is 0.258.